The molecule has 1 fully saturated rings. The molecule has 6 heteroatoms. The Kier molecular flexibility index (Phi) is 7.12. The van der Waals surface area contributed by atoms with Crippen molar-refractivity contribution in [1.29, 1.82) is 0 Å². The number of nitrogens with zero attached hydrogens (tertiary/aromatic N) is 2. The first-order valence-electron chi connectivity index (χ1n) is 9.26. The molecule has 0 aromatic heterocycles. The molecule has 1 aliphatic heterocycles. The van der Waals surface area contributed by atoms with Crippen LogP contribution in [0, 0.1) is 11.8 Å². The normalized spacial score (nSPS) is 14.2. The number of benzene rings is 1. The van der Waals surface area contributed by atoms with Crippen LogP contribution in [0.4, 0.5) is 10.5 Å². The molecular weight excluding hydrogens is 344 g/mol. The molecule has 146 valence electrons. The van der Waals surface area contributed by atoms with Gasteiger partial charge in [-0.05, 0) is 52.0 Å². The summed E-state index contributed by atoms with van der Waals surface area (Å²) >= 11 is 0. The van der Waals surface area contributed by atoms with Crippen LogP contribution >= 0.6 is 0 Å². The minimum absolute atomic E-state index is 0.0994. The maximum absolute atomic E-state index is 12.1. The van der Waals surface area contributed by atoms with Crippen LogP contribution in [0.2, 0.25) is 0 Å². The van der Waals surface area contributed by atoms with Gasteiger partial charge in [0.15, 0.2) is 0 Å². The second-order valence-electron chi connectivity index (χ2n) is 7.28. The lowest BCUT2D eigenvalue weighted by Crippen LogP contribution is -2.50. The molecule has 1 heterocycles. The van der Waals surface area contributed by atoms with E-state index in [0.29, 0.717) is 19.7 Å². The molecule has 2 rings (SSSR count). The lowest BCUT2D eigenvalue weighted by molar-refractivity contribution is -0.141. The van der Waals surface area contributed by atoms with Crippen molar-refractivity contribution in [2.45, 2.75) is 39.7 Å². The van der Waals surface area contributed by atoms with Gasteiger partial charge in [0.05, 0.1) is 6.61 Å². The second-order valence-corrected chi connectivity index (χ2v) is 7.28. The third-order valence-corrected chi connectivity index (χ3v) is 3.93. The van der Waals surface area contributed by atoms with Crippen LogP contribution in [0.15, 0.2) is 24.3 Å². The predicted molar refractivity (Wildman–Crippen MR) is 105 cm³/mol. The van der Waals surface area contributed by atoms with Crippen LogP contribution in [0.25, 0.3) is 0 Å². The highest BCUT2D eigenvalue weighted by molar-refractivity contribution is 5.72. The van der Waals surface area contributed by atoms with Crippen LogP contribution < -0.4 is 4.90 Å². The van der Waals surface area contributed by atoms with Gasteiger partial charge >= 0.3 is 12.1 Å². The van der Waals surface area contributed by atoms with E-state index >= 15 is 0 Å². The Hall–Kier alpha value is -2.68. The quantitative estimate of drug-likeness (QED) is 0.603. The van der Waals surface area contributed by atoms with E-state index < -0.39 is 5.60 Å². The number of hydrogen-bond acceptors (Lipinski definition) is 5. The molecule has 1 aromatic rings. The van der Waals surface area contributed by atoms with E-state index in [2.05, 4.69) is 16.7 Å². The molecule has 0 radical (unpaired) electrons. The second kappa shape index (κ2) is 9.31. The molecule has 0 aliphatic carbocycles. The fraction of sp³-hybridized carbons (Fsp3) is 0.524. The zero-order chi connectivity index (χ0) is 19.9. The van der Waals surface area contributed by atoms with Crippen LogP contribution in [0.3, 0.4) is 0 Å². The average molecular weight is 372 g/mol. The Morgan fingerprint density at radius 1 is 1.07 bits per heavy atom. The molecule has 0 unspecified atom stereocenters. The monoisotopic (exact) mass is 372 g/mol. The van der Waals surface area contributed by atoms with E-state index in [1.807, 2.05) is 45.0 Å². The highest BCUT2D eigenvalue weighted by Gasteiger charge is 2.25. The highest BCUT2D eigenvalue weighted by Crippen LogP contribution is 2.18. The number of piperazine rings is 1. The fourth-order valence-corrected chi connectivity index (χ4v) is 2.66. The summed E-state index contributed by atoms with van der Waals surface area (Å²) in [5, 5.41) is 0. The van der Waals surface area contributed by atoms with Gasteiger partial charge < -0.3 is 19.3 Å². The molecule has 0 N–H and O–H groups in total. The fourth-order valence-electron chi connectivity index (χ4n) is 2.66. The van der Waals surface area contributed by atoms with E-state index in [1.165, 1.54) is 0 Å². The lowest BCUT2D eigenvalue weighted by Gasteiger charge is -2.36. The largest absolute Gasteiger partial charge is 0.465 e. The Morgan fingerprint density at radius 3 is 2.26 bits per heavy atom. The topological polar surface area (TPSA) is 59.1 Å². The number of esters is 1. The molecule has 1 amide bonds. The van der Waals surface area contributed by atoms with Crippen molar-refractivity contribution in [3.05, 3.63) is 29.8 Å². The molecule has 0 atom stereocenters. The molecule has 0 spiro atoms. The maximum atomic E-state index is 12.1. The SMILES string of the molecule is CCOC(=O)CC#Cc1ccc(N2CCN(C(=O)OC(C)(C)C)CC2)cc1. The Labute approximate surface area is 161 Å². The summed E-state index contributed by atoms with van der Waals surface area (Å²) < 4.78 is 10.3. The molecular formula is C21H28N2O4. The third kappa shape index (κ3) is 6.86. The van der Waals surface area contributed by atoms with Gasteiger partial charge in [-0.15, -0.1) is 0 Å². The van der Waals surface area contributed by atoms with Crippen LogP contribution in [-0.4, -0.2) is 55.3 Å². The molecule has 1 saturated heterocycles. The Bertz CT molecular complexity index is 702. The highest BCUT2D eigenvalue weighted by atomic mass is 16.6. The Morgan fingerprint density at radius 2 is 1.70 bits per heavy atom. The Balaban J connectivity index is 1.85. The summed E-state index contributed by atoms with van der Waals surface area (Å²) in [5.41, 5.74) is 1.48. The van der Waals surface area contributed by atoms with Crippen molar-refractivity contribution in [3.8, 4) is 11.8 Å². The van der Waals surface area contributed by atoms with Gasteiger partial charge in [-0.3, -0.25) is 4.79 Å². The number of anilines is 1. The molecule has 0 saturated carbocycles. The zero-order valence-electron chi connectivity index (χ0n) is 16.6. The summed E-state index contributed by atoms with van der Waals surface area (Å²) in [6.45, 7) is 10.6. The lowest BCUT2D eigenvalue weighted by atomic mass is 10.1. The molecule has 1 aromatic carbocycles. The molecule has 1 aliphatic rings. The van der Waals surface area contributed by atoms with Crippen molar-refractivity contribution in [1.82, 2.24) is 4.90 Å². The summed E-state index contributed by atoms with van der Waals surface area (Å²) in [6, 6.07) is 7.90. The van der Waals surface area contributed by atoms with Crippen molar-refractivity contribution in [3.63, 3.8) is 0 Å². The first-order valence-corrected chi connectivity index (χ1v) is 9.26. The number of rotatable bonds is 3. The van der Waals surface area contributed by atoms with Gasteiger partial charge in [-0.1, -0.05) is 11.8 Å². The van der Waals surface area contributed by atoms with Crippen LogP contribution in [-0.2, 0) is 14.3 Å². The average Bonchev–Trinajstić information content (AvgIpc) is 2.61. The summed E-state index contributed by atoms with van der Waals surface area (Å²) in [6.07, 6.45) is -0.156. The molecule has 0 bridgehead atoms. The molecule has 27 heavy (non-hydrogen) atoms. The molecule has 6 nitrogen and oxygen atoms in total. The van der Waals surface area contributed by atoms with E-state index in [4.69, 9.17) is 9.47 Å². The van der Waals surface area contributed by atoms with Crippen molar-refractivity contribution >= 4 is 17.7 Å². The van der Waals surface area contributed by atoms with Gasteiger partial charge in [0, 0.05) is 37.4 Å². The number of carbonyl (C=O) groups is 2. The van der Waals surface area contributed by atoms with Crippen molar-refractivity contribution in [2.24, 2.45) is 0 Å². The standard InChI is InChI=1S/C21H28N2O4/c1-5-26-19(24)8-6-7-17-9-11-18(12-10-17)22-13-15-23(16-14-22)20(25)27-21(2,3)4/h9-12H,5,8,13-16H2,1-4H3. The minimum Gasteiger partial charge on any atom is -0.465 e. The van der Waals surface area contributed by atoms with E-state index in [0.717, 1.165) is 24.3 Å². The van der Waals surface area contributed by atoms with Gasteiger partial charge in [0.2, 0.25) is 0 Å². The zero-order valence-corrected chi connectivity index (χ0v) is 16.6. The van der Waals surface area contributed by atoms with Crippen molar-refractivity contribution < 1.29 is 19.1 Å². The van der Waals surface area contributed by atoms with E-state index in [9.17, 15) is 9.59 Å². The summed E-state index contributed by atoms with van der Waals surface area (Å²) in [5.74, 6) is 5.49. The van der Waals surface area contributed by atoms with Gasteiger partial charge in [0.25, 0.3) is 0 Å². The first-order chi connectivity index (χ1) is 12.8. The summed E-state index contributed by atoms with van der Waals surface area (Å²) in [7, 11) is 0. The third-order valence-electron chi connectivity index (χ3n) is 3.93. The van der Waals surface area contributed by atoms with Crippen LogP contribution in [0.1, 0.15) is 39.7 Å². The van der Waals surface area contributed by atoms with Crippen molar-refractivity contribution in [2.75, 3.05) is 37.7 Å². The maximum Gasteiger partial charge on any atom is 0.410 e. The number of amides is 1. The first kappa shape index (κ1) is 20.6. The number of ether oxygens (including phenoxy) is 2. The van der Waals surface area contributed by atoms with Crippen LogP contribution in [0.5, 0.6) is 0 Å². The predicted octanol–water partition coefficient (Wildman–Crippen LogP) is 3.05. The van der Waals surface area contributed by atoms with E-state index in [1.54, 1.807) is 11.8 Å². The van der Waals surface area contributed by atoms with Gasteiger partial charge in [0.1, 0.15) is 12.0 Å². The minimum atomic E-state index is -0.474. The van der Waals surface area contributed by atoms with E-state index in [-0.39, 0.29) is 18.5 Å². The summed E-state index contributed by atoms with van der Waals surface area (Å²) in [4.78, 5) is 27.4. The number of carbonyl (C=O) groups excluding carboxylic acids is 2. The van der Waals surface area contributed by atoms with Gasteiger partial charge in [-0.2, -0.15) is 0 Å². The smallest absolute Gasteiger partial charge is 0.410 e. The van der Waals surface area contributed by atoms with Gasteiger partial charge in [-0.25, -0.2) is 4.79 Å². The number of hydrogen-bond donors (Lipinski definition) is 0.